The normalized spacial score (nSPS) is 17.5. The lowest BCUT2D eigenvalue weighted by Crippen LogP contribution is -2.53. The van der Waals surface area contributed by atoms with Crippen LogP contribution in [0.25, 0.3) is 0 Å². The lowest BCUT2D eigenvalue weighted by Gasteiger charge is -2.21. The van der Waals surface area contributed by atoms with Crippen molar-refractivity contribution < 1.29 is 32.3 Å². The Kier molecular flexibility index (Phi) is 6.58. The van der Waals surface area contributed by atoms with E-state index in [9.17, 15) is 22.8 Å². The molecule has 11 heteroatoms. The molecule has 9 nitrogen and oxygen atoms in total. The summed E-state index contributed by atoms with van der Waals surface area (Å²) in [5.74, 6) is -2.93. The van der Waals surface area contributed by atoms with Crippen molar-refractivity contribution in [2.45, 2.75) is 6.04 Å². The largest absolute Gasteiger partial charge is 0.455 e. The van der Waals surface area contributed by atoms with Crippen molar-refractivity contribution >= 4 is 44.9 Å². The van der Waals surface area contributed by atoms with E-state index in [1.165, 1.54) is 6.07 Å². The second-order valence-electron chi connectivity index (χ2n) is 6.39. The van der Waals surface area contributed by atoms with Crippen LogP contribution >= 0.6 is 11.6 Å². The van der Waals surface area contributed by atoms with Gasteiger partial charge in [-0.1, -0.05) is 29.8 Å². The molecular formula is C19H17ClN2O7S. The zero-order chi connectivity index (χ0) is 21.7. The van der Waals surface area contributed by atoms with Crippen molar-refractivity contribution in [2.24, 2.45) is 0 Å². The van der Waals surface area contributed by atoms with Crippen LogP contribution in [0.3, 0.4) is 0 Å². The number of esters is 1. The Labute approximate surface area is 177 Å². The van der Waals surface area contributed by atoms with Crippen molar-refractivity contribution in [3.05, 3.63) is 53.6 Å². The van der Waals surface area contributed by atoms with Crippen molar-refractivity contribution in [3.63, 3.8) is 0 Å². The monoisotopic (exact) mass is 452 g/mol. The maximum absolute atomic E-state index is 12.2. The van der Waals surface area contributed by atoms with Gasteiger partial charge in [0.05, 0.1) is 11.4 Å². The number of rotatable bonds is 6. The summed E-state index contributed by atoms with van der Waals surface area (Å²) in [5.41, 5.74) is 0.251. The molecule has 2 amide bonds. The van der Waals surface area contributed by atoms with E-state index in [4.69, 9.17) is 21.1 Å². The lowest BCUT2D eigenvalue weighted by molar-refractivity contribution is -0.150. The van der Waals surface area contributed by atoms with Crippen LogP contribution in [0.2, 0.25) is 5.02 Å². The Balaban J connectivity index is 1.61. The molecule has 0 saturated carbocycles. The lowest BCUT2D eigenvalue weighted by atomic mass is 10.2. The number of ether oxygens (including phenoxy) is 2. The molecule has 1 fully saturated rings. The zero-order valence-electron chi connectivity index (χ0n) is 15.5. The quantitative estimate of drug-likeness (QED) is 0.636. The fourth-order valence-electron chi connectivity index (χ4n) is 2.65. The third-order valence-electron chi connectivity index (χ3n) is 3.92. The zero-order valence-corrected chi connectivity index (χ0v) is 17.0. The Hall–Kier alpha value is -3.11. The third-order valence-corrected chi connectivity index (χ3v) is 5.70. The fraction of sp³-hybridized carbons (Fsp3) is 0.211. The van der Waals surface area contributed by atoms with Crippen LogP contribution in [0.5, 0.6) is 11.5 Å². The van der Waals surface area contributed by atoms with Gasteiger partial charge in [-0.15, -0.1) is 0 Å². The molecular weight excluding hydrogens is 436 g/mol. The summed E-state index contributed by atoms with van der Waals surface area (Å²) in [6, 6.07) is 12.1. The first-order chi connectivity index (χ1) is 14.2. The third kappa shape index (κ3) is 5.94. The standard InChI is InChI=1S/C19H17ClN2O7S/c20-12-6-7-16(29-13-4-2-1-3-5-13)14(8-12)21-17(23)9-28-19(25)15-10-30(26,27)11-18(24)22-15/h1-8,15H,9-11H2,(H,21,23)(H,22,24)/t15-/m0/s1. The Morgan fingerprint density at radius 2 is 1.90 bits per heavy atom. The molecule has 1 saturated heterocycles. The number of hydrogen-bond donors (Lipinski definition) is 2. The van der Waals surface area contributed by atoms with Crippen molar-refractivity contribution in [1.82, 2.24) is 5.32 Å². The maximum Gasteiger partial charge on any atom is 0.330 e. The van der Waals surface area contributed by atoms with Gasteiger partial charge < -0.3 is 20.1 Å². The van der Waals surface area contributed by atoms with Gasteiger partial charge in [0.2, 0.25) is 5.91 Å². The molecule has 0 radical (unpaired) electrons. The summed E-state index contributed by atoms with van der Waals surface area (Å²) in [5, 5.41) is 5.10. The van der Waals surface area contributed by atoms with E-state index in [1.807, 2.05) is 6.07 Å². The number of nitrogens with one attached hydrogen (secondary N) is 2. The molecule has 1 aliphatic rings. The van der Waals surface area contributed by atoms with Gasteiger partial charge in [-0.05, 0) is 30.3 Å². The molecule has 158 valence electrons. The van der Waals surface area contributed by atoms with Crippen molar-refractivity contribution in [3.8, 4) is 11.5 Å². The molecule has 2 aromatic carbocycles. The number of halogens is 1. The molecule has 0 unspecified atom stereocenters. The van der Waals surface area contributed by atoms with Crippen LogP contribution in [-0.4, -0.2) is 50.4 Å². The van der Waals surface area contributed by atoms with Crippen LogP contribution in [0.4, 0.5) is 5.69 Å². The van der Waals surface area contributed by atoms with Crippen LogP contribution in [0.15, 0.2) is 48.5 Å². The van der Waals surface area contributed by atoms with E-state index in [0.717, 1.165) is 0 Å². The van der Waals surface area contributed by atoms with E-state index in [-0.39, 0.29) is 5.69 Å². The average molecular weight is 453 g/mol. The number of carbonyl (C=O) groups excluding carboxylic acids is 3. The Morgan fingerprint density at radius 3 is 2.60 bits per heavy atom. The highest BCUT2D eigenvalue weighted by Gasteiger charge is 2.35. The molecule has 0 aromatic heterocycles. The minimum absolute atomic E-state index is 0.251. The van der Waals surface area contributed by atoms with Gasteiger partial charge in [0.15, 0.2) is 22.2 Å². The van der Waals surface area contributed by atoms with E-state index >= 15 is 0 Å². The predicted octanol–water partition coefficient (Wildman–Crippen LogP) is 1.53. The van der Waals surface area contributed by atoms with Crippen LogP contribution in [0.1, 0.15) is 0 Å². The molecule has 1 aliphatic heterocycles. The molecule has 0 bridgehead atoms. The van der Waals surface area contributed by atoms with Gasteiger partial charge in [0.25, 0.3) is 5.91 Å². The van der Waals surface area contributed by atoms with Gasteiger partial charge in [-0.25, -0.2) is 13.2 Å². The maximum atomic E-state index is 12.2. The van der Waals surface area contributed by atoms with Gasteiger partial charge in [-0.3, -0.25) is 9.59 Å². The molecule has 2 aromatic rings. The number of anilines is 1. The van der Waals surface area contributed by atoms with Gasteiger partial charge >= 0.3 is 5.97 Å². The number of sulfone groups is 1. The number of para-hydroxylation sites is 1. The predicted molar refractivity (Wildman–Crippen MR) is 108 cm³/mol. The van der Waals surface area contributed by atoms with Crippen LogP contribution in [-0.2, 0) is 29.0 Å². The number of benzene rings is 2. The smallest absolute Gasteiger partial charge is 0.330 e. The number of amides is 2. The summed E-state index contributed by atoms with van der Waals surface area (Å²) in [6.07, 6.45) is 0. The molecule has 3 rings (SSSR count). The van der Waals surface area contributed by atoms with Gasteiger partial charge in [0.1, 0.15) is 17.5 Å². The van der Waals surface area contributed by atoms with E-state index in [0.29, 0.717) is 16.5 Å². The highest BCUT2D eigenvalue weighted by molar-refractivity contribution is 7.92. The first kappa shape index (κ1) is 21.6. The first-order valence-corrected chi connectivity index (χ1v) is 10.9. The SMILES string of the molecule is O=C(COC(=O)[C@@H]1CS(=O)(=O)CC(=O)N1)Nc1cc(Cl)ccc1Oc1ccccc1. The summed E-state index contributed by atoms with van der Waals surface area (Å²) in [7, 11) is -3.70. The topological polar surface area (TPSA) is 128 Å². The van der Waals surface area contributed by atoms with Gasteiger partial charge in [0, 0.05) is 5.02 Å². The van der Waals surface area contributed by atoms with E-state index < -0.39 is 51.8 Å². The molecule has 1 atom stereocenters. The molecule has 30 heavy (non-hydrogen) atoms. The van der Waals surface area contributed by atoms with E-state index in [2.05, 4.69) is 10.6 Å². The summed E-state index contributed by atoms with van der Waals surface area (Å²) >= 11 is 5.98. The summed E-state index contributed by atoms with van der Waals surface area (Å²) < 4.78 is 33.8. The van der Waals surface area contributed by atoms with Crippen LogP contribution in [0, 0.1) is 0 Å². The molecule has 0 aliphatic carbocycles. The fourth-order valence-corrected chi connectivity index (χ4v) is 4.15. The van der Waals surface area contributed by atoms with Crippen molar-refractivity contribution in [2.75, 3.05) is 23.4 Å². The highest BCUT2D eigenvalue weighted by atomic mass is 35.5. The Bertz CT molecular complexity index is 1070. The molecule has 2 N–H and O–H groups in total. The summed E-state index contributed by atoms with van der Waals surface area (Å²) in [6.45, 7) is -0.692. The van der Waals surface area contributed by atoms with Gasteiger partial charge in [-0.2, -0.15) is 0 Å². The second kappa shape index (κ2) is 9.14. The Morgan fingerprint density at radius 1 is 1.17 bits per heavy atom. The number of hydrogen-bond acceptors (Lipinski definition) is 7. The number of carbonyl (C=O) groups is 3. The summed E-state index contributed by atoms with van der Waals surface area (Å²) in [4.78, 5) is 35.6. The van der Waals surface area contributed by atoms with E-state index in [1.54, 1.807) is 36.4 Å². The first-order valence-electron chi connectivity index (χ1n) is 8.70. The van der Waals surface area contributed by atoms with Crippen molar-refractivity contribution in [1.29, 1.82) is 0 Å². The molecule has 1 heterocycles. The minimum atomic E-state index is -3.70. The second-order valence-corrected chi connectivity index (χ2v) is 8.93. The molecule has 0 spiro atoms. The van der Waals surface area contributed by atoms with Crippen LogP contribution < -0.4 is 15.4 Å². The average Bonchev–Trinajstić information content (AvgIpc) is 2.67. The highest BCUT2D eigenvalue weighted by Crippen LogP contribution is 2.32. The minimum Gasteiger partial charge on any atom is -0.455 e.